The molecule has 0 fully saturated rings. The zero-order valence-corrected chi connectivity index (χ0v) is 10.9. The van der Waals surface area contributed by atoms with E-state index in [2.05, 4.69) is 15.7 Å². The Hall–Kier alpha value is -2.37. The molecule has 0 bridgehead atoms. The number of aromatic nitrogens is 2. The maximum Gasteiger partial charge on any atom is 0.251 e. The van der Waals surface area contributed by atoms with Gasteiger partial charge >= 0.3 is 0 Å². The fraction of sp³-hybridized carbons (Fsp3) is 0.308. The summed E-state index contributed by atoms with van der Waals surface area (Å²) in [6.07, 6.45) is 1.90. The van der Waals surface area contributed by atoms with Gasteiger partial charge in [-0.1, -0.05) is 6.07 Å². The van der Waals surface area contributed by atoms with Gasteiger partial charge in [0.2, 0.25) is 5.91 Å². The molecule has 0 aliphatic rings. The third-order valence-electron chi connectivity index (χ3n) is 2.67. The number of rotatable bonds is 4. The molecule has 0 saturated carbocycles. The summed E-state index contributed by atoms with van der Waals surface area (Å²) in [5, 5.41) is 10.6. The van der Waals surface area contributed by atoms with E-state index in [0.717, 1.165) is 10.9 Å². The van der Waals surface area contributed by atoms with Gasteiger partial charge in [0.1, 0.15) is 0 Å². The first kappa shape index (κ1) is 13.1. The SMILES string of the molecule is CC(=O)NCCNC(=O)c1ccc2cn(C)nc2c1. The molecule has 0 unspecified atom stereocenters. The summed E-state index contributed by atoms with van der Waals surface area (Å²) in [4.78, 5) is 22.6. The van der Waals surface area contributed by atoms with Crippen LogP contribution in [0.4, 0.5) is 0 Å². The molecule has 0 radical (unpaired) electrons. The van der Waals surface area contributed by atoms with Crippen molar-refractivity contribution in [2.24, 2.45) is 7.05 Å². The molecule has 0 aliphatic carbocycles. The average Bonchev–Trinajstić information content (AvgIpc) is 2.73. The van der Waals surface area contributed by atoms with Crippen molar-refractivity contribution in [2.45, 2.75) is 6.92 Å². The molecule has 2 aromatic rings. The Labute approximate surface area is 110 Å². The summed E-state index contributed by atoms with van der Waals surface area (Å²) in [5.41, 5.74) is 1.35. The van der Waals surface area contributed by atoms with Crippen LogP contribution >= 0.6 is 0 Å². The number of fused-ring (bicyclic) bond motifs is 1. The molecule has 0 saturated heterocycles. The van der Waals surface area contributed by atoms with Crippen molar-refractivity contribution in [2.75, 3.05) is 13.1 Å². The fourth-order valence-electron chi connectivity index (χ4n) is 1.80. The Bertz CT molecular complexity index is 618. The molecule has 6 nitrogen and oxygen atoms in total. The van der Waals surface area contributed by atoms with Gasteiger partial charge in [-0.15, -0.1) is 0 Å². The van der Waals surface area contributed by atoms with Gasteiger partial charge in [0.05, 0.1) is 5.52 Å². The van der Waals surface area contributed by atoms with Gasteiger partial charge in [0.25, 0.3) is 5.91 Å². The predicted octanol–water partition coefficient (Wildman–Crippen LogP) is 0.439. The highest BCUT2D eigenvalue weighted by atomic mass is 16.2. The molecule has 19 heavy (non-hydrogen) atoms. The molecular formula is C13H16N4O2. The smallest absolute Gasteiger partial charge is 0.251 e. The highest BCUT2D eigenvalue weighted by Crippen LogP contribution is 2.13. The molecule has 1 heterocycles. The van der Waals surface area contributed by atoms with Crippen molar-refractivity contribution in [1.29, 1.82) is 0 Å². The topological polar surface area (TPSA) is 76.0 Å². The number of nitrogens with zero attached hydrogens (tertiary/aromatic N) is 2. The number of amides is 2. The zero-order chi connectivity index (χ0) is 13.8. The van der Waals surface area contributed by atoms with Crippen LogP contribution in [0.2, 0.25) is 0 Å². The predicted molar refractivity (Wildman–Crippen MR) is 71.7 cm³/mol. The third kappa shape index (κ3) is 3.31. The minimum absolute atomic E-state index is 0.107. The first-order chi connectivity index (χ1) is 9.06. The largest absolute Gasteiger partial charge is 0.355 e. The molecule has 0 aliphatic heterocycles. The Balaban J connectivity index is 1.98. The number of nitrogens with one attached hydrogen (secondary N) is 2. The molecule has 2 rings (SSSR count). The van der Waals surface area contributed by atoms with Gasteiger partial charge in [-0.05, 0) is 12.1 Å². The molecular weight excluding hydrogens is 244 g/mol. The van der Waals surface area contributed by atoms with E-state index < -0.39 is 0 Å². The Morgan fingerprint density at radius 1 is 1.26 bits per heavy atom. The van der Waals surface area contributed by atoms with Gasteiger partial charge in [0.15, 0.2) is 0 Å². The number of carbonyl (C=O) groups is 2. The first-order valence-corrected chi connectivity index (χ1v) is 6.02. The van der Waals surface area contributed by atoms with Crippen LogP contribution in [0, 0.1) is 0 Å². The minimum Gasteiger partial charge on any atom is -0.355 e. The third-order valence-corrected chi connectivity index (χ3v) is 2.67. The Morgan fingerprint density at radius 3 is 2.74 bits per heavy atom. The van der Waals surface area contributed by atoms with Crippen molar-refractivity contribution in [3.63, 3.8) is 0 Å². The van der Waals surface area contributed by atoms with Crippen LogP contribution in [-0.2, 0) is 11.8 Å². The standard InChI is InChI=1S/C13H16N4O2/c1-9(18)14-5-6-15-13(19)10-3-4-11-8-17(2)16-12(11)7-10/h3-4,7-8H,5-6H2,1-2H3,(H,14,18)(H,15,19). The summed E-state index contributed by atoms with van der Waals surface area (Å²) in [6, 6.07) is 5.38. The van der Waals surface area contributed by atoms with Crippen LogP contribution in [0.1, 0.15) is 17.3 Å². The first-order valence-electron chi connectivity index (χ1n) is 6.02. The highest BCUT2D eigenvalue weighted by molar-refractivity contribution is 5.97. The van der Waals surface area contributed by atoms with Gasteiger partial charge in [-0.2, -0.15) is 5.10 Å². The molecule has 0 spiro atoms. The van der Waals surface area contributed by atoms with Gasteiger partial charge in [-0.3, -0.25) is 14.3 Å². The lowest BCUT2D eigenvalue weighted by molar-refractivity contribution is -0.118. The number of hydrogen-bond acceptors (Lipinski definition) is 3. The average molecular weight is 260 g/mol. The second kappa shape index (κ2) is 5.51. The lowest BCUT2D eigenvalue weighted by atomic mass is 10.1. The van der Waals surface area contributed by atoms with Gasteiger partial charge < -0.3 is 10.6 Å². The van der Waals surface area contributed by atoms with Crippen molar-refractivity contribution < 1.29 is 9.59 Å². The lowest BCUT2D eigenvalue weighted by Crippen LogP contribution is -2.33. The van der Waals surface area contributed by atoms with E-state index >= 15 is 0 Å². The molecule has 1 aromatic heterocycles. The number of benzene rings is 1. The lowest BCUT2D eigenvalue weighted by Gasteiger charge is -2.05. The van der Waals surface area contributed by atoms with Gasteiger partial charge in [-0.25, -0.2) is 0 Å². The number of hydrogen-bond donors (Lipinski definition) is 2. The van der Waals surface area contributed by atoms with Crippen molar-refractivity contribution in [3.05, 3.63) is 30.0 Å². The normalized spacial score (nSPS) is 10.4. The van der Waals surface area contributed by atoms with E-state index in [1.807, 2.05) is 19.3 Å². The number of carbonyl (C=O) groups excluding carboxylic acids is 2. The molecule has 100 valence electrons. The maximum absolute atomic E-state index is 11.9. The monoisotopic (exact) mass is 260 g/mol. The van der Waals surface area contributed by atoms with E-state index in [1.165, 1.54) is 6.92 Å². The summed E-state index contributed by atoms with van der Waals surface area (Å²) < 4.78 is 1.71. The van der Waals surface area contributed by atoms with Crippen molar-refractivity contribution >= 4 is 22.7 Å². The summed E-state index contributed by atoms with van der Waals surface area (Å²) in [5.74, 6) is -0.276. The van der Waals surface area contributed by atoms with Gasteiger partial charge in [0, 0.05) is 44.2 Å². The van der Waals surface area contributed by atoms with Crippen LogP contribution in [0.3, 0.4) is 0 Å². The van der Waals surface area contributed by atoms with E-state index in [9.17, 15) is 9.59 Å². The molecule has 2 amide bonds. The zero-order valence-electron chi connectivity index (χ0n) is 10.9. The minimum atomic E-state index is -0.169. The highest BCUT2D eigenvalue weighted by Gasteiger charge is 2.07. The van der Waals surface area contributed by atoms with E-state index in [0.29, 0.717) is 18.7 Å². The van der Waals surface area contributed by atoms with E-state index in [4.69, 9.17) is 0 Å². The van der Waals surface area contributed by atoms with E-state index in [1.54, 1.807) is 16.8 Å². The van der Waals surface area contributed by atoms with Crippen LogP contribution in [0.25, 0.3) is 10.9 Å². The summed E-state index contributed by atoms with van der Waals surface area (Å²) >= 11 is 0. The molecule has 6 heteroatoms. The van der Waals surface area contributed by atoms with Crippen molar-refractivity contribution in [3.8, 4) is 0 Å². The number of aryl methyl sites for hydroxylation is 1. The second-order valence-electron chi connectivity index (χ2n) is 4.32. The van der Waals surface area contributed by atoms with Crippen molar-refractivity contribution in [1.82, 2.24) is 20.4 Å². The summed E-state index contributed by atoms with van der Waals surface area (Å²) in [7, 11) is 1.84. The Morgan fingerprint density at radius 2 is 2.00 bits per heavy atom. The second-order valence-corrected chi connectivity index (χ2v) is 4.32. The Kier molecular flexibility index (Phi) is 3.79. The van der Waals surface area contributed by atoms with Crippen LogP contribution in [0.15, 0.2) is 24.4 Å². The molecule has 1 aromatic carbocycles. The molecule has 2 N–H and O–H groups in total. The van der Waals surface area contributed by atoms with Crippen LogP contribution in [-0.4, -0.2) is 34.7 Å². The quantitative estimate of drug-likeness (QED) is 0.783. The van der Waals surface area contributed by atoms with Crippen LogP contribution < -0.4 is 10.6 Å². The van der Waals surface area contributed by atoms with Crippen LogP contribution in [0.5, 0.6) is 0 Å². The maximum atomic E-state index is 11.9. The summed E-state index contributed by atoms with van der Waals surface area (Å²) in [6.45, 7) is 2.27. The van der Waals surface area contributed by atoms with E-state index in [-0.39, 0.29) is 11.8 Å². The fourth-order valence-corrected chi connectivity index (χ4v) is 1.80. The molecule has 0 atom stereocenters.